The zero-order valence-electron chi connectivity index (χ0n) is 13.7. The van der Waals surface area contributed by atoms with Gasteiger partial charge in [-0.05, 0) is 36.4 Å². The van der Waals surface area contributed by atoms with Gasteiger partial charge in [0.1, 0.15) is 16.5 Å². The van der Waals surface area contributed by atoms with Crippen molar-refractivity contribution >= 4 is 33.3 Å². The van der Waals surface area contributed by atoms with Crippen LogP contribution < -0.4 is 10.0 Å². The van der Waals surface area contributed by atoms with E-state index in [-0.39, 0.29) is 16.9 Å². The summed E-state index contributed by atoms with van der Waals surface area (Å²) >= 11 is 0. The minimum absolute atomic E-state index is 0.113. The molecule has 2 N–H and O–H groups in total. The lowest BCUT2D eigenvalue weighted by molar-refractivity contribution is -0.114. The predicted octanol–water partition coefficient (Wildman–Crippen LogP) is 2.51. The number of halogens is 2. The molecule has 2 aromatic carbocycles. The molecule has 0 atom stereocenters. The molecule has 10 heteroatoms. The molecule has 0 bridgehead atoms. The highest BCUT2D eigenvalue weighted by Crippen LogP contribution is 2.24. The number of methoxy groups -OCH3 is 1. The van der Waals surface area contributed by atoms with Crippen LogP contribution in [0.25, 0.3) is 0 Å². The van der Waals surface area contributed by atoms with Crippen LogP contribution >= 0.6 is 0 Å². The lowest BCUT2D eigenvalue weighted by Gasteiger charge is -2.12. The standard InChI is InChI=1S/C16H14F2N2O5S/c1-9(21)19-14-8-11(4-6-12(14)17)20-26(23,24)15-7-10(16(22)25-2)3-5-13(15)18/h3-8,20H,1-2H3,(H,19,21). The molecule has 26 heavy (non-hydrogen) atoms. The van der Waals surface area contributed by atoms with E-state index in [9.17, 15) is 26.8 Å². The minimum Gasteiger partial charge on any atom is -0.465 e. The highest BCUT2D eigenvalue weighted by molar-refractivity contribution is 7.92. The van der Waals surface area contributed by atoms with Gasteiger partial charge >= 0.3 is 5.97 Å². The van der Waals surface area contributed by atoms with Gasteiger partial charge in [-0.25, -0.2) is 22.0 Å². The largest absolute Gasteiger partial charge is 0.465 e. The summed E-state index contributed by atoms with van der Waals surface area (Å²) in [5, 5.41) is 2.20. The number of amides is 1. The number of nitrogens with one attached hydrogen (secondary N) is 2. The summed E-state index contributed by atoms with van der Waals surface area (Å²) in [7, 11) is -3.34. The van der Waals surface area contributed by atoms with Crippen molar-refractivity contribution in [3.05, 3.63) is 53.6 Å². The van der Waals surface area contributed by atoms with E-state index in [4.69, 9.17) is 0 Å². The molecule has 2 aromatic rings. The molecule has 0 aromatic heterocycles. The summed E-state index contributed by atoms with van der Waals surface area (Å²) in [6.45, 7) is 1.16. The maximum absolute atomic E-state index is 14.0. The predicted molar refractivity (Wildman–Crippen MR) is 89.3 cm³/mol. The average molecular weight is 384 g/mol. The molecule has 0 unspecified atom stereocenters. The lowest BCUT2D eigenvalue weighted by Crippen LogP contribution is -2.16. The van der Waals surface area contributed by atoms with Gasteiger partial charge in [0.2, 0.25) is 5.91 Å². The van der Waals surface area contributed by atoms with E-state index < -0.39 is 38.4 Å². The van der Waals surface area contributed by atoms with E-state index in [0.717, 1.165) is 50.4 Å². The maximum Gasteiger partial charge on any atom is 0.337 e. The van der Waals surface area contributed by atoms with Crippen molar-refractivity contribution in [3.8, 4) is 0 Å². The van der Waals surface area contributed by atoms with E-state index in [1.54, 1.807) is 0 Å². The number of esters is 1. The summed E-state index contributed by atoms with van der Waals surface area (Å²) in [6, 6.07) is 5.78. The first-order valence-electron chi connectivity index (χ1n) is 7.12. The topological polar surface area (TPSA) is 102 Å². The van der Waals surface area contributed by atoms with E-state index in [2.05, 4.69) is 14.8 Å². The first-order valence-corrected chi connectivity index (χ1v) is 8.60. The molecule has 0 saturated carbocycles. The Morgan fingerprint density at radius 1 is 1.04 bits per heavy atom. The van der Waals surface area contributed by atoms with Gasteiger partial charge in [-0.3, -0.25) is 9.52 Å². The van der Waals surface area contributed by atoms with E-state index in [1.165, 1.54) is 0 Å². The zero-order valence-corrected chi connectivity index (χ0v) is 14.5. The van der Waals surface area contributed by atoms with Gasteiger partial charge in [0.25, 0.3) is 10.0 Å². The third-order valence-electron chi connectivity index (χ3n) is 3.17. The number of hydrogen-bond acceptors (Lipinski definition) is 5. The number of hydrogen-bond donors (Lipinski definition) is 2. The van der Waals surface area contributed by atoms with Gasteiger partial charge in [0.15, 0.2) is 0 Å². The first kappa shape index (κ1) is 19.3. The fraction of sp³-hybridized carbons (Fsp3) is 0.125. The van der Waals surface area contributed by atoms with Crippen LogP contribution in [0.1, 0.15) is 17.3 Å². The van der Waals surface area contributed by atoms with E-state index in [0.29, 0.717) is 0 Å². The first-order chi connectivity index (χ1) is 12.1. The molecular weight excluding hydrogens is 370 g/mol. The Morgan fingerprint density at radius 2 is 1.69 bits per heavy atom. The summed E-state index contributed by atoms with van der Waals surface area (Å²) in [6.07, 6.45) is 0. The van der Waals surface area contributed by atoms with Crippen LogP contribution in [-0.4, -0.2) is 27.4 Å². The number of carbonyl (C=O) groups excluding carboxylic acids is 2. The Kier molecular flexibility index (Phi) is 5.56. The molecule has 7 nitrogen and oxygen atoms in total. The van der Waals surface area contributed by atoms with Crippen LogP contribution in [0.2, 0.25) is 0 Å². The van der Waals surface area contributed by atoms with Crippen LogP contribution in [0.3, 0.4) is 0 Å². The third kappa shape index (κ3) is 4.33. The number of rotatable bonds is 5. The second-order valence-electron chi connectivity index (χ2n) is 5.12. The minimum atomic E-state index is -4.43. The summed E-state index contributed by atoms with van der Waals surface area (Å²) in [5.41, 5.74) is -0.521. The summed E-state index contributed by atoms with van der Waals surface area (Å²) in [5.74, 6) is -3.26. The Hall–Kier alpha value is -3.01. The fourth-order valence-corrected chi connectivity index (χ4v) is 3.19. The zero-order chi connectivity index (χ0) is 19.5. The van der Waals surface area contributed by atoms with Crippen LogP contribution in [0.15, 0.2) is 41.3 Å². The van der Waals surface area contributed by atoms with E-state index in [1.807, 2.05) is 0 Å². The second kappa shape index (κ2) is 7.48. The molecule has 0 heterocycles. The molecule has 0 aliphatic carbocycles. The molecule has 0 aliphatic rings. The highest BCUT2D eigenvalue weighted by Gasteiger charge is 2.22. The van der Waals surface area contributed by atoms with Crippen molar-refractivity contribution in [2.75, 3.05) is 17.1 Å². The summed E-state index contributed by atoms with van der Waals surface area (Å²) < 4.78 is 59.0. The number of anilines is 2. The lowest BCUT2D eigenvalue weighted by atomic mass is 10.2. The van der Waals surface area contributed by atoms with Gasteiger partial charge in [-0.2, -0.15) is 0 Å². The normalized spacial score (nSPS) is 10.9. The van der Waals surface area contributed by atoms with Crippen LogP contribution in [0.5, 0.6) is 0 Å². The molecule has 2 rings (SSSR count). The SMILES string of the molecule is COC(=O)c1ccc(F)c(S(=O)(=O)Nc2ccc(F)c(NC(C)=O)c2)c1. The molecule has 0 aliphatic heterocycles. The number of carbonyl (C=O) groups is 2. The quantitative estimate of drug-likeness (QED) is 0.772. The molecular formula is C16H14F2N2O5S. The smallest absolute Gasteiger partial charge is 0.337 e. The highest BCUT2D eigenvalue weighted by atomic mass is 32.2. The van der Waals surface area contributed by atoms with Crippen LogP contribution in [-0.2, 0) is 19.6 Å². The second-order valence-corrected chi connectivity index (χ2v) is 6.77. The fourth-order valence-electron chi connectivity index (χ4n) is 2.04. The van der Waals surface area contributed by atoms with Crippen molar-refractivity contribution in [2.24, 2.45) is 0 Å². The van der Waals surface area contributed by atoms with Gasteiger partial charge in [0, 0.05) is 6.92 Å². The van der Waals surface area contributed by atoms with Crippen molar-refractivity contribution in [1.82, 2.24) is 0 Å². The third-order valence-corrected chi connectivity index (χ3v) is 4.57. The average Bonchev–Trinajstić information content (AvgIpc) is 2.56. The van der Waals surface area contributed by atoms with Crippen molar-refractivity contribution in [2.45, 2.75) is 11.8 Å². The summed E-state index contributed by atoms with van der Waals surface area (Å²) in [4.78, 5) is 21.8. The molecule has 0 saturated heterocycles. The molecule has 138 valence electrons. The molecule has 0 fully saturated rings. The molecule has 0 spiro atoms. The van der Waals surface area contributed by atoms with Crippen molar-refractivity contribution in [3.63, 3.8) is 0 Å². The maximum atomic E-state index is 14.0. The van der Waals surface area contributed by atoms with Crippen LogP contribution in [0.4, 0.5) is 20.2 Å². The van der Waals surface area contributed by atoms with Gasteiger partial charge in [0.05, 0.1) is 24.0 Å². The van der Waals surface area contributed by atoms with Gasteiger partial charge in [-0.1, -0.05) is 0 Å². The van der Waals surface area contributed by atoms with Crippen molar-refractivity contribution in [1.29, 1.82) is 0 Å². The Morgan fingerprint density at radius 3 is 2.31 bits per heavy atom. The number of ether oxygens (including phenoxy) is 1. The Balaban J connectivity index is 2.40. The van der Waals surface area contributed by atoms with Crippen LogP contribution in [0, 0.1) is 11.6 Å². The monoisotopic (exact) mass is 384 g/mol. The Bertz CT molecular complexity index is 977. The molecule has 0 radical (unpaired) electrons. The number of benzene rings is 2. The van der Waals surface area contributed by atoms with Gasteiger partial charge in [-0.15, -0.1) is 0 Å². The number of sulfonamides is 1. The van der Waals surface area contributed by atoms with E-state index >= 15 is 0 Å². The van der Waals surface area contributed by atoms with Gasteiger partial charge < -0.3 is 10.1 Å². The molecule has 1 amide bonds. The Labute approximate surface area is 148 Å². The van der Waals surface area contributed by atoms with Crippen molar-refractivity contribution < 1.29 is 31.5 Å².